The highest BCUT2D eigenvalue weighted by atomic mass is 35.5. The zero-order chi connectivity index (χ0) is 15.2. The molecule has 0 spiro atoms. The molecule has 7 nitrogen and oxygen atoms in total. The maximum atomic E-state index is 12.3. The van der Waals surface area contributed by atoms with E-state index in [4.69, 9.17) is 4.74 Å². The van der Waals surface area contributed by atoms with Crippen LogP contribution in [0.15, 0.2) is 0 Å². The summed E-state index contributed by atoms with van der Waals surface area (Å²) in [4.78, 5) is 29.6. The van der Waals surface area contributed by atoms with Crippen LogP contribution >= 0.6 is 12.4 Å². The summed E-state index contributed by atoms with van der Waals surface area (Å²) >= 11 is 0. The van der Waals surface area contributed by atoms with Gasteiger partial charge < -0.3 is 19.9 Å². The first-order valence-corrected chi connectivity index (χ1v) is 7.57. The van der Waals surface area contributed by atoms with Crippen molar-refractivity contribution in [1.29, 1.82) is 0 Å². The molecule has 0 aromatic carbocycles. The summed E-state index contributed by atoms with van der Waals surface area (Å²) in [6.45, 7) is 5.89. The van der Waals surface area contributed by atoms with Gasteiger partial charge in [-0.2, -0.15) is 0 Å². The Hall–Kier alpha value is -0.890. The number of carbonyl (C=O) groups is 2. The van der Waals surface area contributed by atoms with Crippen LogP contribution in [-0.4, -0.2) is 99.1 Å². The molecule has 22 heavy (non-hydrogen) atoms. The van der Waals surface area contributed by atoms with Crippen molar-refractivity contribution >= 4 is 24.2 Å². The van der Waals surface area contributed by atoms with Gasteiger partial charge in [0.25, 0.3) is 0 Å². The molecule has 2 heterocycles. The first-order chi connectivity index (χ1) is 10.1. The fraction of sp³-hybridized carbons (Fsp3) is 0.857. The average molecular weight is 335 g/mol. The van der Waals surface area contributed by atoms with Crippen LogP contribution in [0.2, 0.25) is 0 Å². The number of likely N-dealkylation sites (tertiary alicyclic amines) is 1. The van der Waals surface area contributed by atoms with Gasteiger partial charge in [-0.1, -0.05) is 0 Å². The average Bonchev–Trinajstić information content (AvgIpc) is 2.98. The fourth-order valence-corrected chi connectivity index (χ4v) is 2.94. The first kappa shape index (κ1) is 19.2. The van der Waals surface area contributed by atoms with E-state index in [2.05, 4.69) is 10.2 Å². The third kappa shape index (κ3) is 5.08. The van der Waals surface area contributed by atoms with Gasteiger partial charge >= 0.3 is 0 Å². The molecular weight excluding hydrogens is 308 g/mol. The second-order valence-corrected chi connectivity index (χ2v) is 5.75. The van der Waals surface area contributed by atoms with Crippen LogP contribution in [0, 0.1) is 0 Å². The van der Waals surface area contributed by atoms with Gasteiger partial charge in [0.15, 0.2) is 0 Å². The van der Waals surface area contributed by atoms with E-state index in [1.165, 1.54) is 12.0 Å². The largest absolute Gasteiger partial charge is 0.375 e. The van der Waals surface area contributed by atoms with E-state index < -0.39 is 0 Å². The topological polar surface area (TPSA) is 65.1 Å². The molecule has 8 heteroatoms. The molecule has 0 aromatic heterocycles. The van der Waals surface area contributed by atoms with Crippen molar-refractivity contribution in [2.75, 3.05) is 66.6 Å². The summed E-state index contributed by atoms with van der Waals surface area (Å²) in [5, 5.41) is 3.34. The van der Waals surface area contributed by atoms with Gasteiger partial charge in [0.1, 0.15) is 6.61 Å². The first-order valence-electron chi connectivity index (χ1n) is 7.57. The monoisotopic (exact) mass is 334 g/mol. The minimum absolute atomic E-state index is 0. The molecular formula is C14H27ClN4O3. The summed E-state index contributed by atoms with van der Waals surface area (Å²) < 4.78 is 4.80. The number of ether oxygens (including phenoxy) is 1. The Morgan fingerprint density at radius 1 is 1.27 bits per heavy atom. The van der Waals surface area contributed by atoms with Gasteiger partial charge in [-0.3, -0.25) is 14.5 Å². The summed E-state index contributed by atoms with van der Waals surface area (Å²) in [6.07, 6.45) is 1.03. The molecule has 2 saturated heterocycles. The van der Waals surface area contributed by atoms with E-state index in [0.29, 0.717) is 6.04 Å². The van der Waals surface area contributed by atoms with E-state index in [1.54, 1.807) is 7.05 Å². The molecule has 1 unspecified atom stereocenters. The third-order valence-electron chi connectivity index (χ3n) is 4.25. The Kier molecular flexibility index (Phi) is 8.09. The molecule has 0 saturated carbocycles. The molecule has 0 radical (unpaired) electrons. The van der Waals surface area contributed by atoms with E-state index in [9.17, 15) is 9.59 Å². The molecule has 2 rings (SSSR count). The maximum Gasteiger partial charge on any atom is 0.248 e. The Bertz CT molecular complexity index is 377. The maximum absolute atomic E-state index is 12.3. The van der Waals surface area contributed by atoms with Crippen molar-refractivity contribution in [3.05, 3.63) is 0 Å². The molecule has 1 atom stereocenters. The Labute approximate surface area is 138 Å². The smallest absolute Gasteiger partial charge is 0.248 e. The predicted octanol–water partition coefficient (Wildman–Crippen LogP) is -0.981. The minimum atomic E-state index is -0.163. The summed E-state index contributed by atoms with van der Waals surface area (Å²) in [7, 11) is 3.12. The number of hydrogen-bond donors (Lipinski definition) is 1. The highest BCUT2D eigenvalue weighted by Crippen LogP contribution is 2.16. The van der Waals surface area contributed by atoms with Crippen LogP contribution in [-0.2, 0) is 14.3 Å². The molecule has 0 aliphatic carbocycles. The van der Waals surface area contributed by atoms with Crippen molar-refractivity contribution in [2.24, 2.45) is 0 Å². The lowest BCUT2D eigenvalue weighted by molar-refractivity contribution is -0.141. The zero-order valence-electron chi connectivity index (χ0n) is 13.4. The molecule has 128 valence electrons. The van der Waals surface area contributed by atoms with Crippen molar-refractivity contribution in [3.63, 3.8) is 0 Å². The van der Waals surface area contributed by atoms with Gasteiger partial charge in [-0.25, -0.2) is 0 Å². The number of nitrogens with zero attached hydrogens (tertiary/aromatic N) is 3. The normalized spacial score (nSPS) is 22.3. The minimum Gasteiger partial charge on any atom is -0.375 e. The summed E-state index contributed by atoms with van der Waals surface area (Å²) in [6, 6.07) is 0.469. The van der Waals surface area contributed by atoms with Crippen LogP contribution in [0.3, 0.4) is 0 Å². The number of methoxy groups -OCH3 is 1. The predicted molar refractivity (Wildman–Crippen MR) is 86.2 cm³/mol. The highest BCUT2D eigenvalue weighted by molar-refractivity contribution is 5.85. The molecule has 2 aliphatic rings. The van der Waals surface area contributed by atoms with Crippen LogP contribution < -0.4 is 5.32 Å². The highest BCUT2D eigenvalue weighted by Gasteiger charge is 2.31. The Morgan fingerprint density at radius 2 is 1.95 bits per heavy atom. The molecule has 0 bridgehead atoms. The number of hydrogen-bond acceptors (Lipinski definition) is 5. The number of rotatable bonds is 5. The number of piperazine rings is 1. The lowest BCUT2D eigenvalue weighted by Gasteiger charge is -2.32. The SMILES string of the molecule is COCC(=O)N(C)CC(=O)N1CCC(N2CCNCC2)C1.Cl. The Morgan fingerprint density at radius 3 is 2.59 bits per heavy atom. The van der Waals surface area contributed by atoms with Crippen molar-refractivity contribution in [2.45, 2.75) is 12.5 Å². The van der Waals surface area contributed by atoms with E-state index >= 15 is 0 Å². The van der Waals surface area contributed by atoms with Crippen molar-refractivity contribution in [3.8, 4) is 0 Å². The van der Waals surface area contributed by atoms with Crippen LogP contribution in [0.25, 0.3) is 0 Å². The summed E-state index contributed by atoms with van der Waals surface area (Å²) in [5.74, 6) is -0.136. The molecule has 1 N–H and O–H groups in total. The van der Waals surface area contributed by atoms with Gasteiger partial charge in [-0.15, -0.1) is 12.4 Å². The molecule has 2 fully saturated rings. The third-order valence-corrected chi connectivity index (χ3v) is 4.25. The molecule has 0 aromatic rings. The number of carbonyl (C=O) groups excluding carboxylic acids is 2. The lowest BCUT2D eigenvalue weighted by atomic mass is 10.2. The van der Waals surface area contributed by atoms with Gasteiger partial charge in [0, 0.05) is 59.5 Å². The number of amides is 2. The van der Waals surface area contributed by atoms with E-state index in [0.717, 1.165) is 45.7 Å². The number of nitrogens with one attached hydrogen (secondary N) is 1. The van der Waals surface area contributed by atoms with Gasteiger partial charge in [0.05, 0.1) is 6.54 Å². The lowest BCUT2D eigenvalue weighted by Crippen LogP contribution is -2.49. The summed E-state index contributed by atoms with van der Waals surface area (Å²) in [5.41, 5.74) is 0. The van der Waals surface area contributed by atoms with E-state index in [-0.39, 0.29) is 37.4 Å². The Balaban J connectivity index is 0.00000242. The molecule has 2 amide bonds. The second kappa shape index (κ2) is 9.29. The van der Waals surface area contributed by atoms with Gasteiger partial charge in [-0.05, 0) is 6.42 Å². The van der Waals surface area contributed by atoms with Crippen molar-refractivity contribution in [1.82, 2.24) is 20.0 Å². The van der Waals surface area contributed by atoms with Crippen molar-refractivity contribution < 1.29 is 14.3 Å². The fourth-order valence-electron chi connectivity index (χ4n) is 2.94. The molecule has 2 aliphatic heterocycles. The number of halogens is 1. The quantitative estimate of drug-likeness (QED) is 0.700. The second-order valence-electron chi connectivity index (χ2n) is 5.75. The van der Waals surface area contributed by atoms with Crippen LogP contribution in [0.5, 0.6) is 0 Å². The number of likely N-dealkylation sites (N-methyl/N-ethyl adjacent to an activating group) is 1. The van der Waals surface area contributed by atoms with Crippen LogP contribution in [0.4, 0.5) is 0 Å². The zero-order valence-corrected chi connectivity index (χ0v) is 14.2. The van der Waals surface area contributed by atoms with Crippen LogP contribution in [0.1, 0.15) is 6.42 Å². The van der Waals surface area contributed by atoms with Gasteiger partial charge in [0.2, 0.25) is 11.8 Å². The standard InChI is InChI=1S/C14H26N4O3.ClH/c1-16(14(20)11-21-2)10-13(19)18-6-3-12(9-18)17-7-4-15-5-8-17;/h12,15H,3-11H2,1-2H3;1H. The van der Waals surface area contributed by atoms with E-state index in [1.807, 2.05) is 4.90 Å².